The highest BCUT2D eigenvalue weighted by Crippen LogP contribution is 2.24. The third kappa shape index (κ3) is 4.12. The van der Waals surface area contributed by atoms with Gasteiger partial charge in [0.2, 0.25) is 5.91 Å². The number of hydrogen-bond acceptors (Lipinski definition) is 2. The number of aromatic nitrogens is 2. The molecule has 0 aliphatic heterocycles. The first-order valence-corrected chi connectivity index (χ1v) is 10.8. The molecule has 0 bridgehead atoms. The zero-order chi connectivity index (χ0) is 21.1. The molecule has 0 aliphatic rings. The van der Waals surface area contributed by atoms with E-state index in [-0.39, 0.29) is 5.91 Å². The van der Waals surface area contributed by atoms with Gasteiger partial charge < -0.3 is 19.8 Å². The summed E-state index contributed by atoms with van der Waals surface area (Å²) in [5, 5.41) is 5.34. The van der Waals surface area contributed by atoms with Crippen molar-refractivity contribution in [2.24, 2.45) is 0 Å². The van der Waals surface area contributed by atoms with Crippen molar-refractivity contribution in [1.29, 1.82) is 0 Å². The van der Waals surface area contributed by atoms with E-state index in [1.165, 1.54) is 5.52 Å². The number of carbonyl (C=O) groups is 1. The lowest BCUT2D eigenvalue weighted by atomic mass is 10.1. The number of fused-ring (bicyclic) bond motifs is 2. The molecule has 0 saturated carbocycles. The number of likely N-dealkylation sites (N-methyl/N-ethyl adjacent to an activating group) is 1. The van der Waals surface area contributed by atoms with Crippen LogP contribution in [0.1, 0.15) is 25.1 Å². The predicted molar refractivity (Wildman–Crippen MR) is 125 cm³/mol. The number of aromatic amines is 1. The summed E-state index contributed by atoms with van der Waals surface area (Å²) >= 11 is 0. The molecule has 5 nitrogen and oxygen atoms in total. The summed E-state index contributed by atoms with van der Waals surface area (Å²) in [7, 11) is 0. The van der Waals surface area contributed by atoms with Crippen LogP contribution < -0.4 is 5.32 Å². The number of H-pyrrole nitrogens is 1. The van der Waals surface area contributed by atoms with Crippen LogP contribution >= 0.6 is 0 Å². The van der Waals surface area contributed by atoms with E-state index in [9.17, 15) is 4.79 Å². The summed E-state index contributed by atoms with van der Waals surface area (Å²) in [4.78, 5) is 18.5. The molecule has 0 aliphatic carbocycles. The van der Waals surface area contributed by atoms with Crippen LogP contribution in [0.25, 0.3) is 21.8 Å². The highest BCUT2D eigenvalue weighted by atomic mass is 16.1. The van der Waals surface area contributed by atoms with Gasteiger partial charge in [-0.15, -0.1) is 0 Å². The molecule has 4 rings (SSSR count). The first kappa shape index (κ1) is 20.2. The number of aryl methyl sites for hydroxylation is 1. The van der Waals surface area contributed by atoms with Crippen LogP contribution in [0, 0.1) is 6.92 Å². The van der Waals surface area contributed by atoms with Crippen molar-refractivity contribution < 1.29 is 4.79 Å². The summed E-state index contributed by atoms with van der Waals surface area (Å²) in [5.41, 5.74) is 5.23. The Balaban J connectivity index is 1.46. The lowest BCUT2D eigenvalue weighted by Gasteiger charge is -2.18. The Bertz CT molecular complexity index is 1170. The second-order valence-corrected chi connectivity index (χ2v) is 7.81. The Morgan fingerprint density at radius 3 is 2.70 bits per heavy atom. The molecule has 2 aromatic heterocycles. The normalized spacial score (nSPS) is 11.6. The Hall–Kier alpha value is -3.05. The van der Waals surface area contributed by atoms with Crippen molar-refractivity contribution in [3.8, 4) is 0 Å². The Morgan fingerprint density at radius 2 is 1.90 bits per heavy atom. The largest absolute Gasteiger partial charge is 0.358 e. The summed E-state index contributed by atoms with van der Waals surface area (Å²) in [6.45, 7) is 10.6. The highest BCUT2D eigenvalue weighted by Gasteiger charge is 2.13. The number of hydrogen-bond donors (Lipinski definition) is 2. The molecule has 0 radical (unpaired) electrons. The number of benzene rings is 2. The van der Waals surface area contributed by atoms with Gasteiger partial charge >= 0.3 is 0 Å². The lowest BCUT2D eigenvalue weighted by Crippen LogP contribution is -2.26. The minimum atomic E-state index is 0.00293. The topological polar surface area (TPSA) is 53.1 Å². The fourth-order valence-electron chi connectivity index (χ4n) is 4.19. The van der Waals surface area contributed by atoms with Crippen LogP contribution in [0.4, 0.5) is 5.69 Å². The van der Waals surface area contributed by atoms with Crippen LogP contribution in [0.2, 0.25) is 0 Å². The van der Waals surface area contributed by atoms with Gasteiger partial charge in [-0.1, -0.05) is 32.0 Å². The van der Waals surface area contributed by atoms with Crippen molar-refractivity contribution in [2.75, 3.05) is 25.0 Å². The molecular weight excluding hydrogens is 372 g/mol. The number of rotatable bonds is 8. The first-order chi connectivity index (χ1) is 14.6. The molecule has 5 heteroatoms. The molecule has 0 saturated heterocycles. The van der Waals surface area contributed by atoms with Crippen LogP contribution in [-0.2, 0) is 17.8 Å². The average molecular weight is 403 g/mol. The van der Waals surface area contributed by atoms with Gasteiger partial charge in [0, 0.05) is 52.5 Å². The van der Waals surface area contributed by atoms with Crippen LogP contribution in [0.3, 0.4) is 0 Å². The average Bonchev–Trinajstić information content (AvgIpc) is 3.29. The van der Waals surface area contributed by atoms with Gasteiger partial charge in [0.25, 0.3) is 0 Å². The summed E-state index contributed by atoms with van der Waals surface area (Å²) in [6, 6.07) is 16.4. The molecule has 30 heavy (non-hydrogen) atoms. The molecule has 0 unspecified atom stereocenters. The molecular formula is C25H30N4O. The van der Waals surface area contributed by atoms with Crippen LogP contribution in [0.15, 0.2) is 54.7 Å². The monoisotopic (exact) mass is 402 g/mol. The number of amides is 1. The molecule has 0 spiro atoms. The maximum atomic E-state index is 12.7. The Labute approximate surface area is 177 Å². The summed E-state index contributed by atoms with van der Waals surface area (Å²) in [5.74, 6) is 0.00293. The zero-order valence-electron chi connectivity index (χ0n) is 18.0. The number of anilines is 1. The van der Waals surface area contributed by atoms with Gasteiger partial charge in [0.15, 0.2) is 0 Å². The molecule has 2 aromatic carbocycles. The quantitative estimate of drug-likeness (QED) is 0.438. The third-order valence-electron chi connectivity index (χ3n) is 5.97. The standard InChI is InChI=1S/C25H30N4O/c1-4-28(5-2)14-15-29-13-12-19-16-20(10-11-24(19)29)27-25(30)17-22-18(3)26-23-9-7-6-8-21(22)23/h6-13,16,26H,4-5,14-15,17H2,1-3H3,(H,27,30). The van der Waals surface area contributed by atoms with Gasteiger partial charge in [0.05, 0.1) is 6.42 Å². The molecule has 4 aromatic rings. The molecule has 0 fully saturated rings. The smallest absolute Gasteiger partial charge is 0.228 e. The van der Waals surface area contributed by atoms with E-state index in [4.69, 9.17) is 0 Å². The Kier molecular flexibility index (Phi) is 5.91. The SMILES string of the molecule is CCN(CC)CCn1ccc2cc(NC(=O)Cc3c(C)[nH]c4ccccc34)ccc21. The van der Waals surface area contributed by atoms with Crippen molar-refractivity contribution in [3.05, 3.63) is 66.0 Å². The number of para-hydroxylation sites is 1. The van der Waals surface area contributed by atoms with Crippen molar-refractivity contribution in [3.63, 3.8) is 0 Å². The lowest BCUT2D eigenvalue weighted by molar-refractivity contribution is -0.115. The van der Waals surface area contributed by atoms with Crippen molar-refractivity contribution >= 4 is 33.4 Å². The van der Waals surface area contributed by atoms with E-state index < -0.39 is 0 Å². The fraction of sp³-hybridized carbons (Fsp3) is 0.320. The number of nitrogens with one attached hydrogen (secondary N) is 2. The van der Waals surface area contributed by atoms with E-state index >= 15 is 0 Å². The fourth-order valence-corrected chi connectivity index (χ4v) is 4.19. The predicted octanol–water partition coefficient (Wildman–Crippen LogP) is 4.95. The van der Waals surface area contributed by atoms with E-state index in [0.29, 0.717) is 6.42 Å². The van der Waals surface area contributed by atoms with Gasteiger partial charge in [-0.25, -0.2) is 0 Å². The molecule has 156 valence electrons. The maximum Gasteiger partial charge on any atom is 0.228 e. The summed E-state index contributed by atoms with van der Waals surface area (Å²) in [6.07, 6.45) is 2.49. The summed E-state index contributed by atoms with van der Waals surface area (Å²) < 4.78 is 2.29. The van der Waals surface area contributed by atoms with Gasteiger partial charge in [-0.05, 0) is 55.9 Å². The molecule has 1 amide bonds. The Morgan fingerprint density at radius 1 is 1.10 bits per heavy atom. The molecule has 0 atom stereocenters. The van der Waals surface area contributed by atoms with Crippen molar-refractivity contribution in [2.45, 2.75) is 33.7 Å². The minimum Gasteiger partial charge on any atom is -0.358 e. The maximum absolute atomic E-state index is 12.7. The van der Waals surface area contributed by atoms with Crippen molar-refractivity contribution in [1.82, 2.24) is 14.5 Å². The zero-order valence-corrected chi connectivity index (χ0v) is 18.0. The molecule has 2 N–H and O–H groups in total. The minimum absolute atomic E-state index is 0.00293. The van der Waals surface area contributed by atoms with Crippen LogP contribution in [-0.4, -0.2) is 40.0 Å². The van der Waals surface area contributed by atoms with E-state index in [0.717, 1.165) is 59.4 Å². The molecule has 2 heterocycles. The van der Waals surface area contributed by atoms with Gasteiger partial charge in [-0.2, -0.15) is 0 Å². The second-order valence-electron chi connectivity index (χ2n) is 7.81. The van der Waals surface area contributed by atoms with E-state index in [2.05, 4.69) is 64.1 Å². The van der Waals surface area contributed by atoms with Crippen LogP contribution in [0.5, 0.6) is 0 Å². The number of nitrogens with zero attached hydrogens (tertiary/aromatic N) is 2. The first-order valence-electron chi connectivity index (χ1n) is 10.8. The second kappa shape index (κ2) is 8.76. The van der Waals surface area contributed by atoms with Gasteiger partial charge in [0.1, 0.15) is 0 Å². The van der Waals surface area contributed by atoms with Gasteiger partial charge in [-0.3, -0.25) is 4.79 Å². The number of carbonyl (C=O) groups excluding carboxylic acids is 1. The highest BCUT2D eigenvalue weighted by molar-refractivity contribution is 5.98. The third-order valence-corrected chi connectivity index (χ3v) is 5.97. The van der Waals surface area contributed by atoms with E-state index in [1.54, 1.807) is 0 Å². The van der Waals surface area contributed by atoms with E-state index in [1.807, 2.05) is 31.2 Å².